The van der Waals surface area contributed by atoms with Crippen LogP contribution in [-0.2, 0) is 0 Å². The van der Waals surface area contributed by atoms with E-state index in [-0.39, 0.29) is 5.91 Å². The fraction of sp³-hybridized carbons (Fsp3) is 0.100. The van der Waals surface area contributed by atoms with Gasteiger partial charge in [-0.2, -0.15) is 0 Å². The van der Waals surface area contributed by atoms with E-state index >= 15 is 0 Å². The summed E-state index contributed by atoms with van der Waals surface area (Å²) in [6.07, 6.45) is 1.52. The average molecular weight is 368 g/mol. The number of nitrogens with zero attached hydrogens (tertiary/aromatic N) is 1. The molecule has 0 aliphatic rings. The Morgan fingerprint density at radius 1 is 1.04 bits per heavy atom. The highest BCUT2D eigenvalue weighted by molar-refractivity contribution is 6.31. The minimum atomic E-state index is -0.242. The molecule has 0 atom stereocenters. The summed E-state index contributed by atoms with van der Waals surface area (Å²) in [4.78, 5) is 16.6. The number of halogens is 1. The number of benzene rings is 2. The van der Waals surface area contributed by atoms with Crippen molar-refractivity contribution < 1.29 is 9.53 Å². The van der Waals surface area contributed by atoms with Gasteiger partial charge in [0.1, 0.15) is 11.6 Å². The number of amides is 1. The fourth-order valence-corrected chi connectivity index (χ4v) is 2.48. The summed E-state index contributed by atoms with van der Waals surface area (Å²) in [7, 11) is 1.62. The number of carbonyl (C=O) groups excluding carboxylic acids is 1. The third-order valence-corrected chi connectivity index (χ3v) is 4.22. The monoisotopic (exact) mass is 367 g/mol. The Balaban J connectivity index is 1.66. The van der Waals surface area contributed by atoms with Gasteiger partial charge in [-0.1, -0.05) is 17.7 Å². The molecular formula is C20H18ClN3O2. The lowest BCUT2D eigenvalue weighted by atomic mass is 10.2. The molecule has 132 valence electrons. The van der Waals surface area contributed by atoms with Crippen molar-refractivity contribution in [3.8, 4) is 5.75 Å². The molecule has 0 unspecified atom stereocenters. The number of aromatic nitrogens is 1. The summed E-state index contributed by atoms with van der Waals surface area (Å²) >= 11 is 6.08. The minimum absolute atomic E-state index is 0.242. The molecule has 6 heteroatoms. The van der Waals surface area contributed by atoms with E-state index in [2.05, 4.69) is 15.6 Å². The van der Waals surface area contributed by atoms with E-state index in [4.69, 9.17) is 16.3 Å². The fourth-order valence-electron chi connectivity index (χ4n) is 2.30. The first-order chi connectivity index (χ1) is 12.5. The highest BCUT2D eigenvalue weighted by Crippen LogP contribution is 2.21. The van der Waals surface area contributed by atoms with Gasteiger partial charge in [-0.3, -0.25) is 4.79 Å². The van der Waals surface area contributed by atoms with Crippen LogP contribution >= 0.6 is 11.6 Å². The Labute approximate surface area is 157 Å². The zero-order valence-corrected chi connectivity index (χ0v) is 15.2. The Hall–Kier alpha value is -3.05. The van der Waals surface area contributed by atoms with E-state index in [1.54, 1.807) is 25.3 Å². The summed E-state index contributed by atoms with van der Waals surface area (Å²) in [6, 6.07) is 16.4. The summed E-state index contributed by atoms with van der Waals surface area (Å²) in [5.41, 5.74) is 2.94. The zero-order valence-electron chi connectivity index (χ0n) is 14.4. The first-order valence-corrected chi connectivity index (χ1v) is 8.37. The number of hydrogen-bond acceptors (Lipinski definition) is 4. The maximum Gasteiger partial charge on any atom is 0.257 e. The standard InChI is InChI=1S/C20H18ClN3O2/c1-13-3-5-16(11-18(13)21)24-20(25)14-4-10-19(22-12-14)23-15-6-8-17(26-2)9-7-15/h3-12H,1-2H3,(H,22,23)(H,24,25). The number of pyridine rings is 1. The van der Waals surface area contributed by atoms with Gasteiger partial charge >= 0.3 is 0 Å². The van der Waals surface area contributed by atoms with Gasteiger partial charge in [-0.05, 0) is 61.0 Å². The molecule has 1 amide bonds. The number of nitrogens with one attached hydrogen (secondary N) is 2. The molecule has 0 fully saturated rings. The molecule has 2 N–H and O–H groups in total. The van der Waals surface area contributed by atoms with Crippen LogP contribution in [0.5, 0.6) is 5.75 Å². The third kappa shape index (κ3) is 4.32. The minimum Gasteiger partial charge on any atom is -0.497 e. The second-order valence-electron chi connectivity index (χ2n) is 5.70. The van der Waals surface area contributed by atoms with Crippen molar-refractivity contribution >= 4 is 34.7 Å². The smallest absolute Gasteiger partial charge is 0.257 e. The van der Waals surface area contributed by atoms with Crippen molar-refractivity contribution in [1.82, 2.24) is 4.98 Å². The lowest BCUT2D eigenvalue weighted by Gasteiger charge is -2.09. The van der Waals surface area contributed by atoms with Gasteiger partial charge in [0.2, 0.25) is 0 Å². The number of anilines is 3. The van der Waals surface area contributed by atoms with Crippen molar-refractivity contribution in [2.24, 2.45) is 0 Å². The van der Waals surface area contributed by atoms with Gasteiger partial charge in [0.15, 0.2) is 0 Å². The average Bonchev–Trinajstić information content (AvgIpc) is 2.66. The van der Waals surface area contributed by atoms with Crippen molar-refractivity contribution in [1.29, 1.82) is 0 Å². The number of rotatable bonds is 5. The SMILES string of the molecule is COc1ccc(Nc2ccc(C(=O)Nc3ccc(C)c(Cl)c3)cn2)cc1. The van der Waals surface area contributed by atoms with Crippen LogP contribution in [0.15, 0.2) is 60.8 Å². The highest BCUT2D eigenvalue weighted by Gasteiger charge is 2.08. The van der Waals surface area contributed by atoms with Crippen LogP contribution in [0.2, 0.25) is 5.02 Å². The van der Waals surface area contributed by atoms with Crippen molar-refractivity contribution in [2.75, 3.05) is 17.7 Å². The lowest BCUT2D eigenvalue weighted by molar-refractivity contribution is 0.102. The molecule has 2 aromatic carbocycles. The van der Waals surface area contributed by atoms with Crippen molar-refractivity contribution in [2.45, 2.75) is 6.92 Å². The molecule has 0 aliphatic carbocycles. The van der Waals surface area contributed by atoms with Crippen LogP contribution < -0.4 is 15.4 Å². The molecule has 0 radical (unpaired) electrons. The molecule has 3 rings (SSSR count). The second-order valence-corrected chi connectivity index (χ2v) is 6.11. The van der Waals surface area contributed by atoms with Crippen LogP contribution in [-0.4, -0.2) is 18.0 Å². The van der Waals surface area contributed by atoms with Crippen LogP contribution in [0, 0.1) is 6.92 Å². The topological polar surface area (TPSA) is 63.2 Å². The largest absolute Gasteiger partial charge is 0.497 e. The van der Waals surface area contributed by atoms with Gasteiger partial charge in [0, 0.05) is 22.6 Å². The normalized spacial score (nSPS) is 10.3. The predicted octanol–water partition coefficient (Wildman–Crippen LogP) is 5.05. The molecule has 0 bridgehead atoms. The molecule has 0 aliphatic heterocycles. The van der Waals surface area contributed by atoms with E-state index in [0.717, 1.165) is 17.0 Å². The summed E-state index contributed by atoms with van der Waals surface area (Å²) in [6.45, 7) is 1.91. The third-order valence-electron chi connectivity index (χ3n) is 3.82. The Bertz CT molecular complexity index is 909. The van der Waals surface area contributed by atoms with Crippen LogP contribution in [0.25, 0.3) is 0 Å². The first kappa shape index (κ1) is 17.8. The molecule has 1 aromatic heterocycles. The Kier molecular flexibility index (Phi) is 5.39. The van der Waals surface area contributed by atoms with E-state index in [0.29, 0.717) is 22.1 Å². The number of hydrogen-bond donors (Lipinski definition) is 2. The molecule has 3 aromatic rings. The van der Waals surface area contributed by atoms with Crippen LogP contribution in [0.1, 0.15) is 15.9 Å². The van der Waals surface area contributed by atoms with Crippen molar-refractivity contribution in [3.63, 3.8) is 0 Å². The molecule has 0 spiro atoms. The number of ether oxygens (including phenoxy) is 1. The quantitative estimate of drug-likeness (QED) is 0.662. The van der Waals surface area contributed by atoms with E-state index < -0.39 is 0 Å². The second kappa shape index (κ2) is 7.89. The molecule has 0 saturated heterocycles. The maximum atomic E-state index is 12.3. The maximum absolute atomic E-state index is 12.3. The number of aryl methyl sites for hydroxylation is 1. The molecular weight excluding hydrogens is 350 g/mol. The molecule has 5 nitrogen and oxygen atoms in total. The Morgan fingerprint density at radius 3 is 2.38 bits per heavy atom. The highest BCUT2D eigenvalue weighted by atomic mass is 35.5. The van der Waals surface area contributed by atoms with Gasteiger partial charge in [-0.25, -0.2) is 4.98 Å². The van der Waals surface area contributed by atoms with E-state index in [1.807, 2.05) is 43.3 Å². The number of methoxy groups -OCH3 is 1. The summed E-state index contributed by atoms with van der Waals surface area (Å²) in [5.74, 6) is 1.19. The van der Waals surface area contributed by atoms with Crippen LogP contribution in [0.4, 0.5) is 17.2 Å². The van der Waals surface area contributed by atoms with E-state index in [1.165, 1.54) is 6.20 Å². The molecule has 26 heavy (non-hydrogen) atoms. The predicted molar refractivity (Wildman–Crippen MR) is 105 cm³/mol. The first-order valence-electron chi connectivity index (χ1n) is 8.00. The van der Waals surface area contributed by atoms with Crippen molar-refractivity contribution in [3.05, 3.63) is 76.9 Å². The van der Waals surface area contributed by atoms with Gasteiger partial charge in [0.25, 0.3) is 5.91 Å². The lowest BCUT2D eigenvalue weighted by Crippen LogP contribution is -2.12. The van der Waals surface area contributed by atoms with E-state index in [9.17, 15) is 4.79 Å². The number of carbonyl (C=O) groups is 1. The Morgan fingerprint density at radius 2 is 1.77 bits per heavy atom. The van der Waals surface area contributed by atoms with Gasteiger partial charge < -0.3 is 15.4 Å². The summed E-state index contributed by atoms with van der Waals surface area (Å²) < 4.78 is 5.13. The van der Waals surface area contributed by atoms with Gasteiger partial charge in [-0.15, -0.1) is 0 Å². The molecule has 1 heterocycles. The summed E-state index contributed by atoms with van der Waals surface area (Å²) in [5, 5.41) is 6.59. The van der Waals surface area contributed by atoms with Crippen LogP contribution in [0.3, 0.4) is 0 Å². The van der Waals surface area contributed by atoms with Gasteiger partial charge in [0.05, 0.1) is 12.7 Å². The zero-order chi connectivity index (χ0) is 18.5. The molecule has 0 saturated carbocycles.